The van der Waals surface area contributed by atoms with Gasteiger partial charge in [0.05, 0.1) is 19.9 Å². The summed E-state index contributed by atoms with van der Waals surface area (Å²) in [6.07, 6.45) is 3.15. The molecule has 0 atom stereocenters. The molecule has 0 spiro atoms. The molecule has 124 valence electrons. The Morgan fingerprint density at radius 2 is 2.29 bits per heavy atom. The topological polar surface area (TPSA) is 74.9 Å². The van der Waals surface area contributed by atoms with Crippen LogP contribution in [0, 0.1) is 0 Å². The van der Waals surface area contributed by atoms with Gasteiger partial charge in [-0.15, -0.1) is 0 Å². The summed E-state index contributed by atoms with van der Waals surface area (Å²) in [5.41, 5.74) is 0.934. The number of amides is 1. The van der Waals surface area contributed by atoms with Gasteiger partial charge in [-0.05, 0) is 48.1 Å². The highest BCUT2D eigenvalue weighted by molar-refractivity contribution is 9.10. The number of carbonyl (C=O) groups excluding carboxylic acids is 1. The van der Waals surface area contributed by atoms with Crippen molar-refractivity contribution in [3.05, 3.63) is 52.0 Å². The number of phenols is 1. The van der Waals surface area contributed by atoms with E-state index in [0.29, 0.717) is 32.4 Å². The predicted octanol–water partition coefficient (Wildman–Crippen LogP) is 3.01. The van der Waals surface area contributed by atoms with Crippen molar-refractivity contribution in [1.29, 1.82) is 0 Å². The first kappa shape index (κ1) is 16.5. The van der Waals surface area contributed by atoms with E-state index in [2.05, 4.69) is 21.2 Å². The average Bonchev–Trinajstić information content (AvgIpc) is 3.15. The van der Waals surface area contributed by atoms with Crippen LogP contribution in [0.3, 0.4) is 0 Å². The molecule has 1 amide bonds. The van der Waals surface area contributed by atoms with E-state index in [1.807, 2.05) is 0 Å². The van der Waals surface area contributed by atoms with Gasteiger partial charge in [0, 0.05) is 4.47 Å². The molecule has 1 fully saturated rings. The third-order valence-electron chi connectivity index (χ3n) is 3.45. The second-order valence-corrected chi connectivity index (χ2v) is 6.25. The molecule has 0 aliphatic carbocycles. The molecule has 8 heteroatoms. The molecule has 0 saturated carbocycles. The van der Waals surface area contributed by atoms with Crippen molar-refractivity contribution in [3.63, 3.8) is 0 Å². The maximum absolute atomic E-state index is 12.5. The van der Waals surface area contributed by atoms with Crippen molar-refractivity contribution in [2.24, 2.45) is 0 Å². The molecule has 0 unspecified atom stereocenters. The maximum Gasteiger partial charge on any atom is 0.276 e. The summed E-state index contributed by atoms with van der Waals surface area (Å²) < 4.78 is 11.0. The van der Waals surface area contributed by atoms with Gasteiger partial charge < -0.3 is 19.6 Å². The molecule has 1 aliphatic heterocycles. The second-order valence-electron chi connectivity index (χ2n) is 5.00. The van der Waals surface area contributed by atoms with E-state index >= 15 is 0 Å². The number of ether oxygens (including phenoxy) is 1. The van der Waals surface area contributed by atoms with Crippen molar-refractivity contribution in [2.75, 3.05) is 7.11 Å². The van der Waals surface area contributed by atoms with E-state index in [1.54, 1.807) is 30.5 Å². The fraction of sp³-hybridized carbons (Fsp3) is 0.125. The van der Waals surface area contributed by atoms with Gasteiger partial charge in [0.25, 0.3) is 5.91 Å². The fourth-order valence-electron chi connectivity index (χ4n) is 2.26. The molecule has 1 aromatic heterocycles. The molecule has 2 N–H and O–H groups in total. The third-order valence-corrected chi connectivity index (χ3v) is 4.46. The van der Waals surface area contributed by atoms with E-state index in [0.717, 1.165) is 0 Å². The first-order chi connectivity index (χ1) is 11.5. The first-order valence-corrected chi connectivity index (χ1v) is 8.13. The van der Waals surface area contributed by atoms with Gasteiger partial charge in [0.2, 0.25) is 0 Å². The number of hydrogen-bond donors (Lipinski definition) is 2. The van der Waals surface area contributed by atoms with E-state index in [4.69, 9.17) is 21.4 Å². The minimum Gasteiger partial charge on any atom is -0.504 e. The van der Waals surface area contributed by atoms with Crippen LogP contribution in [0.15, 0.2) is 45.1 Å². The number of rotatable bonds is 4. The molecule has 6 nitrogen and oxygen atoms in total. The van der Waals surface area contributed by atoms with Gasteiger partial charge in [-0.25, -0.2) is 0 Å². The van der Waals surface area contributed by atoms with Crippen LogP contribution in [0.5, 0.6) is 11.5 Å². The summed E-state index contributed by atoms with van der Waals surface area (Å²) in [5, 5.41) is 13.1. The third kappa shape index (κ3) is 3.15. The molecule has 1 aromatic carbocycles. The largest absolute Gasteiger partial charge is 0.504 e. The van der Waals surface area contributed by atoms with E-state index < -0.39 is 0 Å². The summed E-state index contributed by atoms with van der Waals surface area (Å²) in [7, 11) is 1.46. The van der Waals surface area contributed by atoms with Crippen LogP contribution in [0.1, 0.15) is 11.3 Å². The smallest absolute Gasteiger partial charge is 0.276 e. The van der Waals surface area contributed by atoms with Crippen LogP contribution in [0.25, 0.3) is 6.08 Å². The predicted molar refractivity (Wildman–Crippen MR) is 95.3 cm³/mol. The Morgan fingerprint density at radius 3 is 2.96 bits per heavy atom. The molecule has 2 aromatic rings. The molecular weight excluding hydrogens is 396 g/mol. The number of nitrogens with zero attached hydrogens (tertiary/aromatic N) is 1. The fourth-order valence-corrected chi connectivity index (χ4v) is 2.96. The highest BCUT2D eigenvalue weighted by Gasteiger charge is 2.31. The van der Waals surface area contributed by atoms with Crippen LogP contribution in [0.4, 0.5) is 0 Å². The first-order valence-electron chi connectivity index (χ1n) is 6.93. The van der Waals surface area contributed by atoms with E-state index in [1.165, 1.54) is 18.1 Å². The van der Waals surface area contributed by atoms with Crippen LogP contribution in [-0.2, 0) is 11.3 Å². The molecule has 3 rings (SSSR count). The monoisotopic (exact) mass is 408 g/mol. The van der Waals surface area contributed by atoms with E-state index in [-0.39, 0.29) is 18.2 Å². The number of carbonyl (C=O) groups is 1. The molecule has 0 radical (unpaired) electrons. The normalized spacial score (nSPS) is 15.9. The minimum atomic E-state index is -0.265. The van der Waals surface area contributed by atoms with Crippen molar-refractivity contribution >= 4 is 45.2 Å². The lowest BCUT2D eigenvalue weighted by Crippen LogP contribution is -2.29. The van der Waals surface area contributed by atoms with Gasteiger partial charge >= 0.3 is 0 Å². The van der Waals surface area contributed by atoms with Gasteiger partial charge in [-0.1, -0.05) is 15.9 Å². The lowest BCUT2D eigenvalue weighted by atomic mass is 10.1. The Hall–Kier alpha value is -2.32. The summed E-state index contributed by atoms with van der Waals surface area (Å²) in [5.74, 6) is 0.688. The van der Waals surface area contributed by atoms with Gasteiger partial charge in [-0.2, -0.15) is 0 Å². The lowest BCUT2D eigenvalue weighted by molar-refractivity contribution is -0.122. The Bertz CT molecular complexity index is 833. The molecule has 2 heterocycles. The van der Waals surface area contributed by atoms with Crippen molar-refractivity contribution in [2.45, 2.75) is 6.54 Å². The second kappa shape index (κ2) is 6.66. The standard InChI is InChI=1S/C16H13BrN2O4S/c1-22-14-7-11(17)9(6-13(14)20)5-12-15(21)19(16(24)18-12)8-10-3-2-4-23-10/h2-7,20H,8H2,1H3,(H,18,24)/b12-5+. The molecular formula is C16H13BrN2O4S. The number of methoxy groups -OCH3 is 1. The van der Waals surface area contributed by atoms with Crippen LogP contribution in [0.2, 0.25) is 0 Å². The number of furan rings is 1. The SMILES string of the molecule is COc1cc(Br)c(/C=C2/NC(=S)N(Cc3ccco3)C2=O)cc1O. The molecule has 1 saturated heterocycles. The number of phenolic OH excluding ortho intramolecular Hbond substituents is 1. The molecule has 24 heavy (non-hydrogen) atoms. The maximum atomic E-state index is 12.5. The summed E-state index contributed by atoms with van der Waals surface area (Å²) >= 11 is 8.60. The zero-order valence-electron chi connectivity index (χ0n) is 12.6. The summed E-state index contributed by atoms with van der Waals surface area (Å²) in [6.45, 7) is 0.254. The van der Waals surface area contributed by atoms with Crippen molar-refractivity contribution in [1.82, 2.24) is 10.2 Å². The lowest BCUT2D eigenvalue weighted by Gasteiger charge is -2.11. The van der Waals surface area contributed by atoms with Crippen LogP contribution >= 0.6 is 28.1 Å². The number of hydrogen-bond acceptors (Lipinski definition) is 5. The summed E-state index contributed by atoms with van der Waals surface area (Å²) in [6, 6.07) is 6.65. The highest BCUT2D eigenvalue weighted by Crippen LogP contribution is 2.33. The Kier molecular flexibility index (Phi) is 4.59. The highest BCUT2D eigenvalue weighted by atomic mass is 79.9. The van der Waals surface area contributed by atoms with E-state index in [9.17, 15) is 9.90 Å². The number of benzene rings is 1. The minimum absolute atomic E-state index is 0.0204. The Labute approximate surface area is 151 Å². The zero-order valence-corrected chi connectivity index (χ0v) is 15.0. The number of nitrogens with one attached hydrogen (secondary N) is 1. The zero-order chi connectivity index (χ0) is 17.3. The van der Waals surface area contributed by atoms with Crippen molar-refractivity contribution < 1.29 is 19.1 Å². The Morgan fingerprint density at radius 1 is 1.50 bits per heavy atom. The molecule has 1 aliphatic rings. The Balaban J connectivity index is 1.88. The molecule has 0 bridgehead atoms. The van der Waals surface area contributed by atoms with Crippen LogP contribution in [-0.4, -0.2) is 28.1 Å². The van der Waals surface area contributed by atoms with Gasteiger partial charge in [0.15, 0.2) is 16.6 Å². The van der Waals surface area contributed by atoms with Crippen LogP contribution < -0.4 is 10.1 Å². The van der Waals surface area contributed by atoms with Crippen molar-refractivity contribution in [3.8, 4) is 11.5 Å². The van der Waals surface area contributed by atoms with Gasteiger partial charge in [0.1, 0.15) is 11.5 Å². The average molecular weight is 409 g/mol. The number of halogens is 1. The summed E-state index contributed by atoms with van der Waals surface area (Å²) in [4.78, 5) is 13.9. The van der Waals surface area contributed by atoms with Gasteiger partial charge in [-0.3, -0.25) is 9.69 Å². The number of thiocarbonyl (C=S) groups is 1. The number of aromatic hydroxyl groups is 1. The quantitative estimate of drug-likeness (QED) is 0.598.